The van der Waals surface area contributed by atoms with E-state index in [0.717, 1.165) is 50.3 Å². The van der Waals surface area contributed by atoms with Gasteiger partial charge in [0, 0.05) is 32.8 Å². The molecule has 11 aromatic rings. The van der Waals surface area contributed by atoms with Crippen LogP contribution in [-0.2, 0) is 0 Å². The van der Waals surface area contributed by atoms with E-state index in [1.54, 1.807) is 0 Å². The number of aromatic nitrogens is 4. The molecule has 0 aliphatic heterocycles. The van der Waals surface area contributed by atoms with Crippen LogP contribution < -0.4 is 0 Å². The third-order valence-corrected chi connectivity index (χ3v) is 10.2. The van der Waals surface area contributed by atoms with Crippen LogP contribution in [-0.4, -0.2) is 19.1 Å². The van der Waals surface area contributed by atoms with Crippen LogP contribution in [0.1, 0.15) is 0 Å². The summed E-state index contributed by atoms with van der Waals surface area (Å²) in [4.78, 5) is 10.7. The highest BCUT2D eigenvalue weighted by Gasteiger charge is 2.22. The Balaban J connectivity index is 1.30. The first-order valence-electron chi connectivity index (χ1n) is 17.0. The molecule has 0 N–H and O–H groups in total. The molecule has 0 saturated carbocycles. The molecule has 0 aliphatic rings. The monoisotopic (exact) mass is 636 g/mol. The number of fused-ring (bicyclic) bond motifs is 9. The van der Waals surface area contributed by atoms with Crippen LogP contribution in [0.15, 0.2) is 170 Å². The van der Waals surface area contributed by atoms with Gasteiger partial charge in [-0.1, -0.05) is 109 Å². The molecule has 50 heavy (non-hydrogen) atoms. The van der Waals surface area contributed by atoms with Crippen LogP contribution in [0.5, 0.6) is 0 Å². The van der Waals surface area contributed by atoms with Gasteiger partial charge < -0.3 is 4.57 Å². The smallest absolute Gasteiger partial charge is 0.165 e. The van der Waals surface area contributed by atoms with E-state index in [-0.39, 0.29) is 0 Å². The average molecular weight is 637 g/mol. The fourth-order valence-electron chi connectivity index (χ4n) is 7.92. The lowest BCUT2D eigenvalue weighted by Gasteiger charge is -2.14. The van der Waals surface area contributed by atoms with Gasteiger partial charge in [0.1, 0.15) is 5.69 Å². The molecule has 0 saturated heterocycles. The van der Waals surface area contributed by atoms with Crippen molar-refractivity contribution in [2.75, 3.05) is 0 Å². The molecular formula is C46H28N4. The van der Waals surface area contributed by atoms with E-state index in [1.807, 2.05) is 18.2 Å². The highest BCUT2D eigenvalue weighted by atomic mass is 15.1. The van der Waals surface area contributed by atoms with Gasteiger partial charge in [-0.15, -0.1) is 0 Å². The van der Waals surface area contributed by atoms with Crippen LogP contribution >= 0.6 is 0 Å². The largest absolute Gasteiger partial charge is 0.309 e. The van der Waals surface area contributed by atoms with Gasteiger partial charge in [0.05, 0.1) is 33.1 Å². The Hall–Kier alpha value is -6.78. The summed E-state index contributed by atoms with van der Waals surface area (Å²) in [5.74, 6) is 0.817. The van der Waals surface area contributed by atoms with Crippen molar-refractivity contribution >= 4 is 76.2 Å². The normalized spacial score (nSPS) is 12.0. The van der Waals surface area contributed by atoms with Gasteiger partial charge in [-0.25, -0.2) is 9.97 Å². The van der Waals surface area contributed by atoms with E-state index >= 15 is 0 Å². The summed E-state index contributed by atoms with van der Waals surface area (Å²) in [6.07, 6.45) is 0. The highest BCUT2D eigenvalue weighted by molar-refractivity contribution is 6.21. The maximum absolute atomic E-state index is 5.41. The van der Waals surface area contributed by atoms with E-state index in [1.165, 1.54) is 48.6 Å². The minimum Gasteiger partial charge on any atom is -0.309 e. The summed E-state index contributed by atoms with van der Waals surface area (Å²) < 4.78 is 4.74. The molecule has 0 unspecified atom stereocenters. The third kappa shape index (κ3) is 3.93. The Morgan fingerprint density at radius 2 is 0.920 bits per heavy atom. The molecule has 0 atom stereocenters. The molecule has 3 heterocycles. The van der Waals surface area contributed by atoms with Crippen LogP contribution in [0, 0.1) is 0 Å². The predicted molar refractivity (Wildman–Crippen MR) is 209 cm³/mol. The van der Waals surface area contributed by atoms with Crippen molar-refractivity contribution in [3.63, 3.8) is 0 Å². The minimum absolute atomic E-state index is 0.817. The van der Waals surface area contributed by atoms with Gasteiger partial charge in [-0.3, -0.25) is 4.57 Å². The molecule has 0 bridgehead atoms. The molecular weight excluding hydrogens is 609 g/mol. The van der Waals surface area contributed by atoms with Gasteiger partial charge in [-0.05, 0) is 82.2 Å². The molecule has 0 aliphatic carbocycles. The number of rotatable bonds is 3. The van der Waals surface area contributed by atoms with E-state index in [9.17, 15) is 0 Å². The highest BCUT2D eigenvalue weighted by Crippen LogP contribution is 2.42. The first-order valence-corrected chi connectivity index (χ1v) is 17.0. The molecule has 0 spiro atoms. The van der Waals surface area contributed by atoms with Crippen molar-refractivity contribution in [3.05, 3.63) is 170 Å². The first-order chi connectivity index (χ1) is 24.8. The SMILES string of the molecule is c1ccc(-n2c3cc4ccccc4cc3c3cc4c5ccccc5n(-c5nc6ccccc6nc5-c5ccc6ccccc6c5)c4cc32)cc1. The minimum atomic E-state index is 0.817. The zero-order valence-electron chi connectivity index (χ0n) is 27.0. The first kappa shape index (κ1) is 27.2. The van der Waals surface area contributed by atoms with E-state index in [2.05, 4.69) is 161 Å². The maximum atomic E-state index is 5.41. The Morgan fingerprint density at radius 3 is 1.74 bits per heavy atom. The molecule has 8 aromatic carbocycles. The van der Waals surface area contributed by atoms with Crippen molar-refractivity contribution in [2.45, 2.75) is 0 Å². The molecule has 232 valence electrons. The number of hydrogen-bond donors (Lipinski definition) is 0. The van der Waals surface area contributed by atoms with Crippen LogP contribution in [0.4, 0.5) is 0 Å². The lowest BCUT2D eigenvalue weighted by Crippen LogP contribution is -2.04. The van der Waals surface area contributed by atoms with Crippen LogP contribution in [0.25, 0.3) is 99.0 Å². The zero-order chi connectivity index (χ0) is 32.8. The number of benzene rings is 8. The molecule has 4 nitrogen and oxygen atoms in total. The van der Waals surface area contributed by atoms with E-state index in [4.69, 9.17) is 9.97 Å². The lowest BCUT2D eigenvalue weighted by molar-refractivity contribution is 1.08. The third-order valence-electron chi connectivity index (χ3n) is 10.2. The summed E-state index contributed by atoms with van der Waals surface area (Å²) >= 11 is 0. The number of para-hydroxylation sites is 4. The van der Waals surface area contributed by atoms with Gasteiger partial charge >= 0.3 is 0 Å². The molecule has 0 amide bonds. The second kappa shape index (κ2) is 10.4. The van der Waals surface area contributed by atoms with E-state index < -0.39 is 0 Å². The predicted octanol–water partition coefficient (Wildman–Crippen LogP) is 11.8. The topological polar surface area (TPSA) is 35.6 Å². The Morgan fingerprint density at radius 1 is 0.340 bits per heavy atom. The van der Waals surface area contributed by atoms with Gasteiger partial charge in [0.25, 0.3) is 0 Å². The van der Waals surface area contributed by atoms with Gasteiger partial charge in [0.15, 0.2) is 5.82 Å². The standard InChI is InChI=1S/C46H28N4/c1-2-16-34(17-3-1)49-42-26-32-15-7-6-14-31(32)25-36(42)38-27-37-35-18-8-11-21-41(35)50(44(37)28-43(38)49)46-45(47-39-19-9-10-20-40(39)48-46)33-23-22-29-12-4-5-13-30(29)24-33/h1-28H. The van der Waals surface area contributed by atoms with Crippen molar-refractivity contribution in [1.82, 2.24) is 19.1 Å². The van der Waals surface area contributed by atoms with Crippen molar-refractivity contribution in [2.24, 2.45) is 0 Å². The molecule has 11 rings (SSSR count). The summed E-state index contributed by atoms with van der Waals surface area (Å²) in [6, 6.07) is 60.7. The molecule has 4 heteroatoms. The van der Waals surface area contributed by atoms with Crippen LogP contribution in [0.2, 0.25) is 0 Å². The lowest BCUT2D eigenvalue weighted by atomic mass is 10.0. The fraction of sp³-hybridized carbons (Fsp3) is 0. The van der Waals surface area contributed by atoms with E-state index in [0.29, 0.717) is 0 Å². The summed E-state index contributed by atoms with van der Waals surface area (Å²) in [5.41, 5.74) is 9.30. The number of hydrogen-bond acceptors (Lipinski definition) is 2. The zero-order valence-corrected chi connectivity index (χ0v) is 27.0. The Bertz CT molecular complexity index is 3150. The van der Waals surface area contributed by atoms with Gasteiger partial charge in [0.2, 0.25) is 0 Å². The Labute approximate surface area is 287 Å². The fourth-order valence-corrected chi connectivity index (χ4v) is 7.92. The summed E-state index contributed by atoms with van der Waals surface area (Å²) in [7, 11) is 0. The summed E-state index contributed by atoms with van der Waals surface area (Å²) in [5, 5.41) is 9.68. The van der Waals surface area contributed by atoms with Crippen molar-refractivity contribution in [3.8, 4) is 22.8 Å². The molecule has 0 fully saturated rings. The quantitative estimate of drug-likeness (QED) is 0.193. The maximum Gasteiger partial charge on any atom is 0.165 e. The molecule has 3 aromatic heterocycles. The van der Waals surface area contributed by atoms with Crippen LogP contribution in [0.3, 0.4) is 0 Å². The van der Waals surface area contributed by atoms with Crippen molar-refractivity contribution < 1.29 is 0 Å². The molecule has 0 radical (unpaired) electrons. The second-order valence-electron chi connectivity index (χ2n) is 13.1. The Kier molecular flexibility index (Phi) is 5.63. The summed E-state index contributed by atoms with van der Waals surface area (Å²) in [6.45, 7) is 0. The van der Waals surface area contributed by atoms with Crippen molar-refractivity contribution in [1.29, 1.82) is 0 Å². The second-order valence-corrected chi connectivity index (χ2v) is 13.1. The van der Waals surface area contributed by atoms with Gasteiger partial charge in [-0.2, -0.15) is 0 Å². The number of nitrogens with zero attached hydrogens (tertiary/aromatic N) is 4. The average Bonchev–Trinajstić information content (AvgIpc) is 3.66.